The summed E-state index contributed by atoms with van der Waals surface area (Å²) in [6.45, 7) is 0. The van der Waals surface area contributed by atoms with Crippen LogP contribution in [0.15, 0.2) is 36.5 Å². The number of hydrogen-bond acceptors (Lipinski definition) is 5. The minimum atomic E-state index is -4.69. The second kappa shape index (κ2) is 5.85. The van der Waals surface area contributed by atoms with E-state index in [2.05, 4.69) is 9.82 Å². The summed E-state index contributed by atoms with van der Waals surface area (Å²) in [5.41, 5.74) is -1.75. The number of benzene rings is 1. The molecule has 0 unspecified atom stereocenters. The number of fused-ring (bicyclic) bond motifs is 1. The highest BCUT2D eigenvalue weighted by Gasteiger charge is 2.39. The van der Waals surface area contributed by atoms with E-state index in [4.69, 9.17) is 11.6 Å². The monoisotopic (exact) mass is 370 g/mol. The molecule has 1 aromatic heterocycles. The average molecular weight is 371 g/mol. The number of pyridine rings is 1. The minimum absolute atomic E-state index is 0.0341. The molecule has 0 fully saturated rings. The Balaban J connectivity index is 1.85. The van der Waals surface area contributed by atoms with Gasteiger partial charge in [0.05, 0.1) is 21.7 Å². The van der Waals surface area contributed by atoms with Crippen molar-refractivity contribution in [3.05, 3.63) is 63.9 Å². The zero-order valence-corrected chi connectivity index (χ0v) is 12.8. The molecule has 0 spiro atoms. The molecule has 3 rings (SSSR count). The van der Waals surface area contributed by atoms with Crippen LogP contribution in [0, 0.1) is 0 Å². The fourth-order valence-electron chi connectivity index (χ4n) is 2.12. The summed E-state index contributed by atoms with van der Waals surface area (Å²) in [7, 11) is 0. The van der Waals surface area contributed by atoms with Crippen LogP contribution in [-0.2, 0) is 11.0 Å². The Kier molecular flexibility index (Phi) is 3.96. The van der Waals surface area contributed by atoms with Crippen molar-refractivity contribution in [1.82, 2.24) is 10.0 Å². The number of carbonyl (C=O) groups is 3. The molecule has 2 amide bonds. The first-order chi connectivity index (χ1) is 11.7. The number of hydrogen-bond donors (Lipinski definition) is 0. The maximum atomic E-state index is 12.6. The molecule has 2 heterocycles. The lowest BCUT2D eigenvalue weighted by Crippen LogP contribution is -2.33. The second-order valence-corrected chi connectivity index (χ2v) is 5.29. The number of amides is 2. The van der Waals surface area contributed by atoms with E-state index in [-0.39, 0.29) is 16.2 Å². The summed E-state index contributed by atoms with van der Waals surface area (Å²) >= 11 is 5.63. The van der Waals surface area contributed by atoms with Crippen molar-refractivity contribution in [3.8, 4) is 0 Å². The molecular weight excluding hydrogens is 365 g/mol. The van der Waals surface area contributed by atoms with Crippen molar-refractivity contribution in [2.75, 3.05) is 0 Å². The van der Waals surface area contributed by atoms with Crippen LogP contribution >= 0.6 is 11.6 Å². The third kappa shape index (κ3) is 2.93. The van der Waals surface area contributed by atoms with E-state index in [0.717, 1.165) is 0 Å². The Morgan fingerprint density at radius 2 is 1.68 bits per heavy atom. The first kappa shape index (κ1) is 16.9. The van der Waals surface area contributed by atoms with Gasteiger partial charge in [-0.3, -0.25) is 9.59 Å². The summed E-state index contributed by atoms with van der Waals surface area (Å²) in [4.78, 5) is 44.2. The van der Waals surface area contributed by atoms with E-state index in [1.807, 2.05) is 0 Å². The molecule has 0 N–H and O–H groups in total. The predicted molar refractivity (Wildman–Crippen MR) is 76.6 cm³/mol. The predicted octanol–water partition coefficient (Wildman–Crippen LogP) is 3.12. The van der Waals surface area contributed by atoms with Crippen LogP contribution in [0.4, 0.5) is 13.2 Å². The van der Waals surface area contributed by atoms with Crippen LogP contribution in [0.3, 0.4) is 0 Å². The molecule has 25 heavy (non-hydrogen) atoms. The molecule has 1 aliphatic rings. The molecule has 6 nitrogen and oxygen atoms in total. The van der Waals surface area contributed by atoms with Gasteiger partial charge in [0, 0.05) is 6.20 Å². The summed E-state index contributed by atoms with van der Waals surface area (Å²) in [6, 6.07) is 6.26. The lowest BCUT2D eigenvalue weighted by atomic mass is 10.1. The van der Waals surface area contributed by atoms with Gasteiger partial charge in [-0.2, -0.15) is 13.2 Å². The molecule has 0 bridgehead atoms. The van der Waals surface area contributed by atoms with Gasteiger partial charge in [0.15, 0.2) is 5.69 Å². The van der Waals surface area contributed by atoms with Gasteiger partial charge in [-0.1, -0.05) is 28.8 Å². The summed E-state index contributed by atoms with van der Waals surface area (Å²) in [5, 5.41) is -0.417. The number of hydroxylamine groups is 2. The molecule has 0 saturated heterocycles. The van der Waals surface area contributed by atoms with E-state index in [9.17, 15) is 27.6 Å². The summed E-state index contributed by atoms with van der Waals surface area (Å²) in [5.74, 6) is -3.10. The van der Waals surface area contributed by atoms with E-state index < -0.39 is 40.2 Å². The van der Waals surface area contributed by atoms with Crippen LogP contribution < -0.4 is 0 Å². The highest BCUT2D eigenvalue weighted by Crippen LogP contribution is 2.31. The van der Waals surface area contributed by atoms with Gasteiger partial charge in [-0.25, -0.2) is 9.78 Å². The Morgan fingerprint density at radius 1 is 1.12 bits per heavy atom. The van der Waals surface area contributed by atoms with Gasteiger partial charge < -0.3 is 4.84 Å². The van der Waals surface area contributed by atoms with Gasteiger partial charge in [-0.05, 0) is 18.2 Å². The third-order valence-corrected chi connectivity index (χ3v) is 3.58. The van der Waals surface area contributed by atoms with Crippen LogP contribution in [0.5, 0.6) is 0 Å². The highest BCUT2D eigenvalue weighted by atomic mass is 35.5. The zero-order valence-electron chi connectivity index (χ0n) is 12.0. The maximum absolute atomic E-state index is 12.6. The molecule has 1 aliphatic heterocycles. The number of nitrogens with zero attached hydrogens (tertiary/aromatic N) is 2. The molecule has 128 valence electrons. The van der Waals surface area contributed by atoms with E-state index in [1.54, 1.807) is 0 Å². The van der Waals surface area contributed by atoms with Gasteiger partial charge in [-0.15, -0.1) is 0 Å². The van der Waals surface area contributed by atoms with Crippen molar-refractivity contribution in [3.63, 3.8) is 0 Å². The van der Waals surface area contributed by atoms with Gasteiger partial charge in [0.2, 0.25) is 0 Å². The number of aromatic nitrogens is 1. The Bertz CT molecular complexity index is 879. The topological polar surface area (TPSA) is 76.6 Å². The van der Waals surface area contributed by atoms with Crippen molar-refractivity contribution in [1.29, 1.82) is 0 Å². The van der Waals surface area contributed by atoms with Crippen molar-refractivity contribution >= 4 is 29.4 Å². The van der Waals surface area contributed by atoms with Crippen molar-refractivity contribution in [2.45, 2.75) is 6.18 Å². The first-order valence-corrected chi connectivity index (χ1v) is 7.01. The smallest absolute Gasteiger partial charge is 0.322 e. The number of imide groups is 1. The molecule has 10 heteroatoms. The van der Waals surface area contributed by atoms with E-state index in [0.29, 0.717) is 12.3 Å². The van der Waals surface area contributed by atoms with Crippen LogP contribution in [0.25, 0.3) is 0 Å². The molecular formula is C15H6ClF3N2O4. The quantitative estimate of drug-likeness (QED) is 0.759. The Hall–Kier alpha value is -2.94. The lowest BCUT2D eigenvalue weighted by molar-refractivity contribution is -0.137. The molecule has 2 aromatic rings. The van der Waals surface area contributed by atoms with Gasteiger partial charge in [0.1, 0.15) is 0 Å². The standard InChI is InChI=1S/C15H6ClF3N2O4/c16-10-5-7(15(17,18)19)6-20-11(10)14(24)25-21-12(22)8-3-1-2-4-9(8)13(21)23/h1-6H. The van der Waals surface area contributed by atoms with Crippen LogP contribution in [-0.4, -0.2) is 27.8 Å². The lowest BCUT2D eigenvalue weighted by Gasteiger charge is -2.13. The number of carbonyl (C=O) groups excluding carboxylic acids is 3. The largest absolute Gasteiger partial charge is 0.417 e. The minimum Gasteiger partial charge on any atom is -0.322 e. The number of halogens is 4. The highest BCUT2D eigenvalue weighted by molar-refractivity contribution is 6.33. The Labute approximate surface area is 142 Å². The maximum Gasteiger partial charge on any atom is 0.417 e. The van der Waals surface area contributed by atoms with E-state index >= 15 is 0 Å². The third-order valence-electron chi connectivity index (χ3n) is 3.29. The molecule has 0 atom stereocenters. The number of alkyl halides is 3. The summed E-state index contributed by atoms with van der Waals surface area (Å²) in [6.07, 6.45) is -4.30. The summed E-state index contributed by atoms with van der Waals surface area (Å²) < 4.78 is 37.7. The van der Waals surface area contributed by atoms with Crippen molar-refractivity contribution < 1.29 is 32.4 Å². The average Bonchev–Trinajstić information content (AvgIpc) is 2.79. The second-order valence-electron chi connectivity index (χ2n) is 4.88. The fourth-order valence-corrected chi connectivity index (χ4v) is 2.36. The van der Waals surface area contributed by atoms with E-state index in [1.165, 1.54) is 24.3 Å². The first-order valence-electron chi connectivity index (χ1n) is 6.63. The SMILES string of the molecule is O=C(ON1C(=O)c2ccccc2C1=O)c1ncc(C(F)(F)F)cc1Cl. The van der Waals surface area contributed by atoms with Crippen LogP contribution in [0.2, 0.25) is 5.02 Å². The normalized spacial score (nSPS) is 13.8. The Morgan fingerprint density at radius 3 is 2.16 bits per heavy atom. The van der Waals surface area contributed by atoms with Crippen LogP contribution in [0.1, 0.15) is 36.8 Å². The molecule has 0 aliphatic carbocycles. The fraction of sp³-hybridized carbons (Fsp3) is 0.0667. The zero-order chi connectivity index (χ0) is 18.4. The van der Waals surface area contributed by atoms with Gasteiger partial charge >= 0.3 is 12.1 Å². The number of rotatable bonds is 2. The molecule has 0 radical (unpaired) electrons. The molecule has 1 aromatic carbocycles. The van der Waals surface area contributed by atoms with Gasteiger partial charge in [0.25, 0.3) is 11.8 Å². The molecule has 0 saturated carbocycles. The van der Waals surface area contributed by atoms with Crippen molar-refractivity contribution in [2.24, 2.45) is 0 Å².